The quantitative estimate of drug-likeness (QED) is 0.220. The van der Waals surface area contributed by atoms with E-state index < -0.39 is 5.97 Å². The second-order valence-corrected chi connectivity index (χ2v) is 9.92. The van der Waals surface area contributed by atoms with E-state index in [4.69, 9.17) is 32.5 Å². The first-order valence-electron chi connectivity index (χ1n) is 11.9. The Balaban J connectivity index is 1.40. The molecule has 7 nitrogen and oxygen atoms in total. The van der Waals surface area contributed by atoms with Crippen molar-refractivity contribution in [1.82, 2.24) is 15.1 Å². The van der Waals surface area contributed by atoms with E-state index in [1.165, 1.54) is 0 Å². The number of rotatable bonds is 7. The third kappa shape index (κ3) is 4.95. The molecule has 0 unspecified atom stereocenters. The number of hydrogen-bond acceptors (Lipinski definition) is 6. The fourth-order valence-electron chi connectivity index (χ4n) is 4.29. The monoisotopic (exact) mass is 547 g/mol. The summed E-state index contributed by atoms with van der Waals surface area (Å²) < 4.78 is 11.8. The highest BCUT2D eigenvalue weighted by Gasteiger charge is 2.24. The molecule has 5 aromatic rings. The maximum absolute atomic E-state index is 11.3. The Morgan fingerprint density at radius 3 is 2.34 bits per heavy atom. The number of carboxylic acid groups (broad SMARTS) is 1. The molecule has 9 heteroatoms. The zero-order valence-electron chi connectivity index (χ0n) is 20.8. The van der Waals surface area contributed by atoms with Crippen LogP contribution in [0.25, 0.3) is 33.3 Å². The van der Waals surface area contributed by atoms with Crippen molar-refractivity contribution >= 4 is 40.1 Å². The van der Waals surface area contributed by atoms with Crippen molar-refractivity contribution in [2.75, 3.05) is 0 Å². The minimum absolute atomic E-state index is 0.0883. The Kier molecular flexibility index (Phi) is 7.06. The number of ether oxygens (including phenoxy) is 1. The van der Waals surface area contributed by atoms with Gasteiger partial charge in [0, 0.05) is 22.6 Å². The lowest BCUT2D eigenvalue weighted by atomic mass is 10.0. The molecule has 38 heavy (non-hydrogen) atoms. The van der Waals surface area contributed by atoms with Gasteiger partial charge in [0.2, 0.25) is 5.82 Å². The first-order valence-corrected chi connectivity index (χ1v) is 12.7. The summed E-state index contributed by atoms with van der Waals surface area (Å²) in [5, 5.41) is 15.3. The molecule has 0 atom stereocenters. The van der Waals surface area contributed by atoms with Crippen LogP contribution in [0.3, 0.4) is 0 Å². The summed E-state index contributed by atoms with van der Waals surface area (Å²) in [5.41, 5.74) is 5.10. The summed E-state index contributed by atoms with van der Waals surface area (Å²) in [5.74, 6) is 0.117. The van der Waals surface area contributed by atoms with Crippen molar-refractivity contribution in [1.29, 1.82) is 0 Å². The minimum atomic E-state index is -1.15. The maximum Gasteiger partial charge on any atom is 0.373 e. The van der Waals surface area contributed by atoms with E-state index in [2.05, 4.69) is 15.1 Å². The molecule has 0 saturated heterocycles. The van der Waals surface area contributed by atoms with Crippen molar-refractivity contribution in [3.8, 4) is 28.1 Å². The largest absolute Gasteiger partial charge is 0.489 e. The molecule has 0 aliphatic rings. The zero-order valence-corrected chi connectivity index (χ0v) is 22.3. The van der Waals surface area contributed by atoms with Crippen molar-refractivity contribution in [3.63, 3.8) is 0 Å². The van der Waals surface area contributed by atoms with Gasteiger partial charge in [-0.3, -0.25) is 0 Å². The van der Waals surface area contributed by atoms with Crippen LogP contribution in [0, 0.1) is 6.92 Å². The molecular weight excluding hydrogens is 525 g/mol. The third-order valence-electron chi connectivity index (χ3n) is 6.19. The van der Waals surface area contributed by atoms with E-state index in [9.17, 15) is 9.90 Å². The topological polar surface area (TPSA) is 98.3 Å². The molecule has 0 aliphatic heterocycles. The van der Waals surface area contributed by atoms with Gasteiger partial charge in [0.15, 0.2) is 0 Å². The number of benzene rings is 3. The summed E-state index contributed by atoms with van der Waals surface area (Å²) in [6, 6.07) is 18.7. The molecule has 0 saturated carbocycles. The van der Waals surface area contributed by atoms with Gasteiger partial charge in [0.1, 0.15) is 23.8 Å². The molecule has 2 aromatic heterocycles. The summed E-state index contributed by atoms with van der Waals surface area (Å²) in [7, 11) is 0. The molecule has 5 rings (SSSR count). The molecule has 0 fully saturated rings. The number of nitrogens with zero attached hydrogens (tertiary/aromatic N) is 3. The summed E-state index contributed by atoms with van der Waals surface area (Å²) in [6.45, 7) is 6.05. The van der Waals surface area contributed by atoms with Crippen molar-refractivity contribution < 1.29 is 19.2 Å². The fourth-order valence-corrected chi connectivity index (χ4v) is 4.87. The highest BCUT2D eigenvalue weighted by atomic mass is 35.5. The highest BCUT2D eigenvalue weighted by Crippen LogP contribution is 2.39. The van der Waals surface area contributed by atoms with E-state index in [0.717, 1.165) is 22.1 Å². The number of halogens is 2. The van der Waals surface area contributed by atoms with Gasteiger partial charge < -0.3 is 14.4 Å². The third-order valence-corrected chi connectivity index (χ3v) is 6.82. The number of aryl methyl sites for hydroxylation is 1. The number of aromatic carboxylic acids is 1. The van der Waals surface area contributed by atoms with Crippen LogP contribution in [0.4, 0.5) is 0 Å². The minimum Gasteiger partial charge on any atom is -0.489 e. The Hall–Kier alpha value is -3.94. The lowest BCUT2D eigenvalue weighted by Gasteiger charge is -2.11. The average molecular weight is 548 g/mol. The van der Waals surface area contributed by atoms with Crippen LogP contribution in [-0.2, 0) is 6.61 Å². The zero-order chi connectivity index (χ0) is 27.0. The first-order chi connectivity index (χ1) is 18.2. The molecular formula is C29H23Cl2N3O4. The van der Waals surface area contributed by atoms with Crippen LogP contribution in [-0.4, -0.2) is 26.2 Å². The van der Waals surface area contributed by atoms with E-state index in [1.807, 2.05) is 50.2 Å². The fraction of sp³-hybridized carbons (Fsp3) is 0.172. The average Bonchev–Trinajstić information content (AvgIpc) is 3.31. The standard InChI is InChI=1S/C29H23Cl2N3O4/c1-15(2)27-21(26(34-38-27)25-22(30)5-4-6-23(25)31)14-37-19-10-7-17(8-11-19)18-9-12-24-20(13-18)16(3)32-28(33-24)29(35)36/h4-13,15H,14H2,1-3H3,(H,35,36). The predicted octanol–water partition coefficient (Wildman–Crippen LogP) is 7.97. The molecule has 0 bridgehead atoms. The summed E-state index contributed by atoms with van der Waals surface area (Å²) in [4.78, 5) is 19.5. The molecule has 3 aromatic carbocycles. The molecule has 0 radical (unpaired) electrons. The number of aromatic nitrogens is 3. The van der Waals surface area contributed by atoms with Crippen LogP contribution in [0.5, 0.6) is 5.75 Å². The van der Waals surface area contributed by atoms with Crippen LogP contribution in [0.2, 0.25) is 10.0 Å². The van der Waals surface area contributed by atoms with Gasteiger partial charge in [0.05, 0.1) is 21.1 Å². The summed E-state index contributed by atoms with van der Waals surface area (Å²) in [6.07, 6.45) is 0. The van der Waals surface area contributed by atoms with E-state index in [1.54, 1.807) is 31.2 Å². The molecule has 0 spiro atoms. The molecule has 0 aliphatic carbocycles. The lowest BCUT2D eigenvalue weighted by molar-refractivity contribution is 0.0683. The maximum atomic E-state index is 11.3. The first kappa shape index (κ1) is 25.7. The number of carboxylic acids is 1. The van der Waals surface area contributed by atoms with Crippen LogP contribution >= 0.6 is 23.2 Å². The molecule has 192 valence electrons. The van der Waals surface area contributed by atoms with Gasteiger partial charge in [-0.1, -0.05) is 66.5 Å². The van der Waals surface area contributed by atoms with E-state index in [-0.39, 0.29) is 18.3 Å². The SMILES string of the molecule is Cc1nc(C(=O)O)nc2ccc(-c3ccc(OCc4c(-c5c(Cl)cccc5Cl)noc4C(C)C)cc3)cc12. The number of fused-ring (bicyclic) bond motifs is 1. The number of carbonyl (C=O) groups is 1. The second kappa shape index (κ2) is 10.4. The van der Waals surface area contributed by atoms with E-state index >= 15 is 0 Å². The van der Waals surface area contributed by atoms with Crippen LogP contribution < -0.4 is 4.74 Å². The van der Waals surface area contributed by atoms with Gasteiger partial charge in [-0.05, 0) is 54.4 Å². The Labute approximate surface area is 229 Å². The smallest absolute Gasteiger partial charge is 0.373 e. The van der Waals surface area contributed by atoms with Crippen molar-refractivity contribution in [2.24, 2.45) is 0 Å². The molecule has 2 heterocycles. The van der Waals surface area contributed by atoms with Crippen molar-refractivity contribution in [2.45, 2.75) is 33.3 Å². The number of hydrogen-bond donors (Lipinski definition) is 1. The molecule has 0 amide bonds. The Bertz CT molecular complexity index is 1640. The summed E-state index contributed by atoms with van der Waals surface area (Å²) >= 11 is 12.9. The lowest BCUT2D eigenvalue weighted by Crippen LogP contribution is -2.05. The van der Waals surface area contributed by atoms with Gasteiger partial charge in [-0.25, -0.2) is 14.8 Å². The predicted molar refractivity (Wildman–Crippen MR) is 147 cm³/mol. The molecule has 1 N–H and O–H groups in total. The highest BCUT2D eigenvalue weighted by molar-refractivity contribution is 6.39. The van der Waals surface area contributed by atoms with Crippen LogP contribution in [0.1, 0.15) is 47.4 Å². The van der Waals surface area contributed by atoms with Crippen LogP contribution in [0.15, 0.2) is 65.2 Å². The Morgan fingerprint density at radius 1 is 1.00 bits per heavy atom. The Morgan fingerprint density at radius 2 is 1.68 bits per heavy atom. The van der Waals surface area contributed by atoms with Gasteiger partial charge in [-0.15, -0.1) is 0 Å². The normalized spacial score (nSPS) is 11.3. The van der Waals surface area contributed by atoms with Gasteiger partial charge in [-0.2, -0.15) is 0 Å². The van der Waals surface area contributed by atoms with Gasteiger partial charge in [0.25, 0.3) is 0 Å². The van der Waals surface area contributed by atoms with Crippen molar-refractivity contribution in [3.05, 3.63) is 93.6 Å². The second-order valence-electron chi connectivity index (χ2n) is 9.11. The van der Waals surface area contributed by atoms with E-state index in [0.29, 0.717) is 44.0 Å². The van der Waals surface area contributed by atoms with Gasteiger partial charge >= 0.3 is 5.97 Å².